The molecule has 12 nitrogen and oxygen atoms in total. The highest BCUT2D eigenvalue weighted by molar-refractivity contribution is 7.85. The van der Waals surface area contributed by atoms with Crippen LogP contribution >= 0.6 is 0 Å². The number of carboxylic acid groups (broad SMARTS) is 1. The first kappa shape index (κ1) is 35.0. The zero-order valence-corrected chi connectivity index (χ0v) is 27.5. The summed E-state index contributed by atoms with van der Waals surface area (Å²) in [6.07, 6.45) is 2.41. The monoisotopic (exact) mass is 659 g/mol. The molecule has 45 heavy (non-hydrogen) atoms. The summed E-state index contributed by atoms with van der Waals surface area (Å²) in [5.74, 6) is 1.18. The SMILES string of the molecule is C[C@H](CCC(=O)NCCS(=O)(=O)O)[C@H]1CC[C@H]2[C@@H]3CC[C@@H]4C[C@H](OC5OC(C(=O)O)C(O)C(O)C5O)CC[C@]4(C)[C@H]3CC[C@]12C. The van der Waals surface area contributed by atoms with Crippen molar-refractivity contribution < 1.29 is 52.5 Å². The average Bonchev–Trinajstić information content (AvgIpc) is 3.32. The lowest BCUT2D eigenvalue weighted by Crippen LogP contribution is -2.61. The molecule has 1 amide bonds. The zero-order valence-electron chi connectivity index (χ0n) is 26.7. The van der Waals surface area contributed by atoms with Crippen molar-refractivity contribution in [2.75, 3.05) is 12.3 Å². The first-order valence-corrected chi connectivity index (χ1v) is 18.5. The smallest absolute Gasteiger partial charge is 0.335 e. The third-order valence-corrected chi connectivity index (χ3v) is 13.7. The summed E-state index contributed by atoms with van der Waals surface area (Å²) in [5, 5.41) is 42.7. The normalized spacial score (nSPS) is 45.5. The molecule has 5 aliphatic rings. The second-order valence-corrected chi connectivity index (χ2v) is 16.9. The number of carbonyl (C=O) groups excluding carboxylic acids is 1. The van der Waals surface area contributed by atoms with Gasteiger partial charge in [-0.25, -0.2) is 4.79 Å². The lowest BCUT2D eigenvalue weighted by molar-refractivity contribution is -0.309. The molecule has 4 saturated carbocycles. The van der Waals surface area contributed by atoms with Crippen molar-refractivity contribution >= 4 is 22.0 Å². The van der Waals surface area contributed by atoms with E-state index >= 15 is 0 Å². The Bertz CT molecular complexity index is 1200. The first-order chi connectivity index (χ1) is 21.0. The number of nitrogens with one attached hydrogen (secondary N) is 1. The van der Waals surface area contributed by atoms with Gasteiger partial charge in [0, 0.05) is 13.0 Å². The maximum Gasteiger partial charge on any atom is 0.335 e. The molecule has 1 saturated heterocycles. The summed E-state index contributed by atoms with van der Waals surface area (Å²) >= 11 is 0. The van der Waals surface area contributed by atoms with Crippen LogP contribution in [0.5, 0.6) is 0 Å². The third-order valence-electron chi connectivity index (χ3n) is 13.0. The number of fused-ring (bicyclic) bond motifs is 5. The molecule has 1 heterocycles. The molecular formula is C32H53NO11S. The van der Waals surface area contributed by atoms with Crippen LogP contribution in [0.25, 0.3) is 0 Å². The van der Waals surface area contributed by atoms with Gasteiger partial charge >= 0.3 is 5.97 Å². The fourth-order valence-electron chi connectivity index (χ4n) is 10.6. The second-order valence-electron chi connectivity index (χ2n) is 15.3. The highest BCUT2D eigenvalue weighted by Crippen LogP contribution is 2.68. The summed E-state index contributed by atoms with van der Waals surface area (Å²) in [4.78, 5) is 23.9. The fourth-order valence-corrected chi connectivity index (χ4v) is 11.0. The van der Waals surface area contributed by atoms with Crippen molar-refractivity contribution in [1.82, 2.24) is 5.32 Å². The number of hydrogen-bond donors (Lipinski definition) is 6. The van der Waals surface area contributed by atoms with Crippen LogP contribution in [0.15, 0.2) is 0 Å². The highest BCUT2D eigenvalue weighted by Gasteiger charge is 2.61. The summed E-state index contributed by atoms with van der Waals surface area (Å²) in [7, 11) is -4.10. The molecule has 0 aromatic rings. The Balaban J connectivity index is 1.16. The van der Waals surface area contributed by atoms with E-state index in [0.717, 1.165) is 51.4 Å². The van der Waals surface area contributed by atoms with Crippen molar-refractivity contribution in [1.29, 1.82) is 0 Å². The number of aliphatic hydroxyl groups is 3. The summed E-state index contributed by atoms with van der Waals surface area (Å²) in [6, 6.07) is 0. The van der Waals surface area contributed by atoms with Crippen LogP contribution in [0.2, 0.25) is 0 Å². The number of carbonyl (C=O) groups is 2. The second kappa shape index (κ2) is 13.3. The van der Waals surface area contributed by atoms with E-state index in [2.05, 4.69) is 26.1 Å². The van der Waals surface area contributed by atoms with Crippen LogP contribution < -0.4 is 5.32 Å². The van der Waals surface area contributed by atoms with Gasteiger partial charge < -0.3 is 35.2 Å². The first-order valence-electron chi connectivity index (χ1n) is 16.8. The molecule has 5 fully saturated rings. The Morgan fingerprint density at radius 3 is 2.33 bits per heavy atom. The molecule has 0 radical (unpaired) electrons. The molecule has 4 aliphatic carbocycles. The average molecular weight is 660 g/mol. The molecule has 0 aromatic heterocycles. The number of ether oxygens (including phenoxy) is 2. The molecule has 5 rings (SSSR count). The Morgan fingerprint density at radius 1 is 0.956 bits per heavy atom. The van der Waals surface area contributed by atoms with Crippen LogP contribution in [0.3, 0.4) is 0 Å². The number of hydrogen-bond acceptors (Lipinski definition) is 9. The number of aliphatic carboxylic acids is 1. The van der Waals surface area contributed by atoms with Crippen molar-refractivity contribution in [2.45, 2.75) is 128 Å². The Hall–Kier alpha value is -1.35. The third kappa shape index (κ3) is 6.96. The van der Waals surface area contributed by atoms with Crippen molar-refractivity contribution in [2.24, 2.45) is 46.3 Å². The van der Waals surface area contributed by atoms with E-state index in [1.165, 1.54) is 12.8 Å². The Kier molecular flexibility index (Phi) is 10.3. The molecule has 14 atom stereocenters. The van der Waals surface area contributed by atoms with Gasteiger partial charge in [0.05, 0.1) is 11.9 Å². The minimum Gasteiger partial charge on any atom is -0.479 e. The molecule has 0 aromatic carbocycles. The molecular weight excluding hydrogens is 606 g/mol. The molecule has 0 spiro atoms. The molecule has 6 N–H and O–H groups in total. The number of aliphatic hydroxyl groups excluding tert-OH is 3. The summed E-state index contributed by atoms with van der Waals surface area (Å²) in [6.45, 7) is 7.08. The van der Waals surface area contributed by atoms with Crippen LogP contribution in [0.1, 0.15) is 91.4 Å². The van der Waals surface area contributed by atoms with Gasteiger partial charge in [0.25, 0.3) is 10.1 Å². The van der Waals surface area contributed by atoms with Crippen LogP contribution in [0.4, 0.5) is 0 Å². The predicted molar refractivity (Wildman–Crippen MR) is 162 cm³/mol. The molecule has 258 valence electrons. The van der Waals surface area contributed by atoms with E-state index in [1.54, 1.807) is 0 Å². The summed E-state index contributed by atoms with van der Waals surface area (Å²) < 4.78 is 42.2. The van der Waals surface area contributed by atoms with Gasteiger partial charge in [-0.3, -0.25) is 9.35 Å². The van der Waals surface area contributed by atoms with Crippen molar-refractivity contribution in [3.05, 3.63) is 0 Å². The van der Waals surface area contributed by atoms with Crippen LogP contribution in [0, 0.1) is 46.3 Å². The van der Waals surface area contributed by atoms with E-state index in [-0.39, 0.29) is 29.4 Å². The lowest BCUT2D eigenvalue weighted by Gasteiger charge is -2.61. The van der Waals surface area contributed by atoms with E-state index in [9.17, 15) is 38.4 Å². The number of carboxylic acids is 1. The lowest BCUT2D eigenvalue weighted by atomic mass is 9.44. The van der Waals surface area contributed by atoms with Crippen molar-refractivity contribution in [3.63, 3.8) is 0 Å². The van der Waals surface area contributed by atoms with Crippen LogP contribution in [-0.4, -0.2) is 94.4 Å². The standard InChI is InChI=1S/C32H53NO11S/c1-17(4-9-24(34)33-14-15-45(40,41)42)21-7-8-22-20-6-5-18-16-19(10-12-31(18,2)23(20)11-13-32(21,22)3)43-30-27(37)25(35)26(36)28(44-30)29(38)39/h17-23,25-28,30,35-37H,4-16H2,1-3H3,(H,33,34)(H,38,39)(H,40,41,42)/t17-,18-,19-,20+,21-,22+,23+,25?,26?,27?,28?,30?,31+,32-/m1/s1. The van der Waals surface area contributed by atoms with Gasteiger partial charge in [-0.2, -0.15) is 8.42 Å². The van der Waals surface area contributed by atoms with E-state index in [0.29, 0.717) is 41.9 Å². The maximum absolute atomic E-state index is 12.3. The molecule has 0 bridgehead atoms. The molecule has 5 unspecified atom stereocenters. The Morgan fingerprint density at radius 2 is 1.64 bits per heavy atom. The Labute approximate surface area is 266 Å². The van der Waals surface area contributed by atoms with Gasteiger partial charge in [-0.05, 0) is 111 Å². The quantitative estimate of drug-likeness (QED) is 0.149. The topological polar surface area (TPSA) is 200 Å². The predicted octanol–water partition coefficient (Wildman–Crippen LogP) is 2.34. The van der Waals surface area contributed by atoms with E-state index in [1.807, 2.05) is 0 Å². The van der Waals surface area contributed by atoms with Crippen LogP contribution in [-0.2, 0) is 29.2 Å². The van der Waals surface area contributed by atoms with E-state index < -0.39 is 52.5 Å². The van der Waals surface area contributed by atoms with Gasteiger partial charge in [-0.15, -0.1) is 0 Å². The zero-order chi connectivity index (χ0) is 32.9. The van der Waals surface area contributed by atoms with Crippen molar-refractivity contribution in [3.8, 4) is 0 Å². The minimum absolute atomic E-state index is 0.0836. The maximum atomic E-state index is 12.3. The van der Waals surface area contributed by atoms with Gasteiger partial charge in [0.2, 0.25) is 5.91 Å². The molecule has 1 aliphatic heterocycles. The van der Waals surface area contributed by atoms with Gasteiger partial charge in [0.1, 0.15) is 18.3 Å². The summed E-state index contributed by atoms with van der Waals surface area (Å²) in [5.41, 5.74) is 0.394. The largest absolute Gasteiger partial charge is 0.479 e. The van der Waals surface area contributed by atoms with E-state index in [4.69, 9.17) is 14.0 Å². The number of rotatable bonds is 10. The highest BCUT2D eigenvalue weighted by atomic mass is 32.2. The molecule has 13 heteroatoms. The number of amides is 1. The minimum atomic E-state index is -4.10. The van der Waals surface area contributed by atoms with Gasteiger partial charge in [-0.1, -0.05) is 20.8 Å². The fraction of sp³-hybridized carbons (Fsp3) is 0.938. The van der Waals surface area contributed by atoms with Gasteiger partial charge in [0.15, 0.2) is 12.4 Å².